The molecule has 2 unspecified atom stereocenters. The van der Waals surface area contributed by atoms with Crippen molar-refractivity contribution < 1.29 is 14.3 Å². The molecule has 0 spiro atoms. The van der Waals surface area contributed by atoms with Crippen LogP contribution < -0.4 is 0 Å². The molecular formula is C14H20BrNO3. The first-order valence-electron chi connectivity index (χ1n) is 6.68. The number of rotatable bonds is 3. The summed E-state index contributed by atoms with van der Waals surface area (Å²) in [5.41, 5.74) is 0.827. The second kappa shape index (κ2) is 6.09. The first-order chi connectivity index (χ1) is 8.99. The molecule has 0 bridgehead atoms. The van der Waals surface area contributed by atoms with Crippen LogP contribution in [-0.2, 0) is 0 Å². The number of carbonyl (C=O) groups is 1. The summed E-state index contributed by atoms with van der Waals surface area (Å²) >= 11 is 3.23. The molecule has 19 heavy (non-hydrogen) atoms. The minimum Gasteiger partial charge on any atom is -0.444 e. The molecule has 1 aromatic heterocycles. The highest BCUT2D eigenvalue weighted by Crippen LogP contribution is 2.26. The van der Waals surface area contributed by atoms with Crippen molar-refractivity contribution in [1.82, 2.24) is 4.90 Å². The molecule has 5 heteroatoms. The lowest BCUT2D eigenvalue weighted by molar-refractivity contribution is 0.0436. The molecule has 2 rings (SSSR count). The number of hydrogen-bond donors (Lipinski definition) is 1. The van der Waals surface area contributed by atoms with Crippen LogP contribution in [0.2, 0.25) is 0 Å². The number of amides is 1. The fraction of sp³-hybridized carbons (Fsp3) is 0.643. The molecular weight excluding hydrogens is 310 g/mol. The molecule has 106 valence electrons. The third kappa shape index (κ3) is 3.39. The molecule has 1 fully saturated rings. The Kier molecular flexibility index (Phi) is 4.68. The fourth-order valence-corrected chi connectivity index (χ4v) is 3.17. The van der Waals surface area contributed by atoms with E-state index in [4.69, 9.17) is 4.42 Å². The predicted octanol–water partition coefficient (Wildman–Crippen LogP) is 2.97. The topological polar surface area (TPSA) is 53.7 Å². The van der Waals surface area contributed by atoms with Gasteiger partial charge in [-0.05, 0) is 41.8 Å². The van der Waals surface area contributed by atoms with E-state index >= 15 is 0 Å². The van der Waals surface area contributed by atoms with Gasteiger partial charge in [0.1, 0.15) is 0 Å². The summed E-state index contributed by atoms with van der Waals surface area (Å²) in [5.74, 6) is 0.432. The Morgan fingerprint density at radius 2 is 2.21 bits per heavy atom. The number of aliphatic hydroxyl groups is 1. The van der Waals surface area contributed by atoms with Gasteiger partial charge in [-0.1, -0.05) is 12.8 Å². The number of nitrogens with zero attached hydrogens (tertiary/aromatic N) is 1. The fourth-order valence-electron chi connectivity index (χ4n) is 2.66. The monoisotopic (exact) mass is 329 g/mol. The lowest BCUT2D eigenvalue weighted by atomic mass is 9.86. The van der Waals surface area contributed by atoms with E-state index in [2.05, 4.69) is 15.9 Å². The molecule has 1 aliphatic carbocycles. The number of halogens is 1. The SMILES string of the molecule is Cc1cc(Br)oc1C(=O)N(C)CC1CCCCC1O. The van der Waals surface area contributed by atoms with E-state index in [1.54, 1.807) is 18.0 Å². The van der Waals surface area contributed by atoms with Gasteiger partial charge in [0, 0.05) is 25.1 Å². The average Bonchev–Trinajstić information content (AvgIpc) is 2.70. The number of aliphatic hydroxyl groups excluding tert-OH is 1. The zero-order valence-electron chi connectivity index (χ0n) is 11.4. The molecule has 1 N–H and O–H groups in total. The number of furan rings is 1. The summed E-state index contributed by atoms with van der Waals surface area (Å²) in [4.78, 5) is 13.9. The van der Waals surface area contributed by atoms with E-state index < -0.39 is 0 Å². The minimum absolute atomic E-state index is 0.124. The molecule has 0 aliphatic heterocycles. The summed E-state index contributed by atoms with van der Waals surface area (Å²) in [6, 6.07) is 1.79. The van der Waals surface area contributed by atoms with Crippen molar-refractivity contribution in [3.8, 4) is 0 Å². The van der Waals surface area contributed by atoms with Crippen LogP contribution >= 0.6 is 15.9 Å². The predicted molar refractivity (Wildman–Crippen MR) is 76.1 cm³/mol. The van der Waals surface area contributed by atoms with E-state index in [1.807, 2.05) is 6.92 Å². The molecule has 1 aromatic rings. The minimum atomic E-state index is -0.284. The van der Waals surface area contributed by atoms with Crippen molar-refractivity contribution in [2.24, 2.45) is 5.92 Å². The van der Waals surface area contributed by atoms with Gasteiger partial charge in [-0.25, -0.2) is 0 Å². The molecule has 1 heterocycles. The van der Waals surface area contributed by atoms with Crippen molar-refractivity contribution in [2.45, 2.75) is 38.7 Å². The van der Waals surface area contributed by atoms with Crippen LogP contribution in [0.15, 0.2) is 15.2 Å². The van der Waals surface area contributed by atoms with E-state index in [1.165, 1.54) is 0 Å². The van der Waals surface area contributed by atoms with Crippen LogP contribution in [0.25, 0.3) is 0 Å². The molecule has 1 aliphatic rings. The third-order valence-corrected chi connectivity index (χ3v) is 4.20. The Morgan fingerprint density at radius 3 is 2.79 bits per heavy atom. The largest absolute Gasteiger partial charge is 0.444 e. The Labute approximate surface area is 121 Å². The Balaban J connectivity index is 2.01. The maximum atomic E-state index is 12.3. The van der Waals surface area contributed by atoms with E-state index in [-0.39, 0.29) is 17.9 Å². The Hall–Kier alpha value is -0.810. The van der Waals surface area contributed by atoms with Crippen molar-refractivity contribution in [3.05, 3.63) is 22.1 Å². The highest BCUT2D eigenvalue weighted by molar-refractivity contribution is 9.10. The normalized spacial score (nSPS) is 23.4. The second-order valence-corrected chi connectivity index (χ2v) is 6.14. The standard InChI is InChI=1S/C14H20BrNO3/c1-9-7-12(15)19-13(9)14(18)16(2)8-10-5-3-4-6-11(10)17/h7,10-11,17H,3-6,8H2,1-2H3. The summed E-state index contributed by atoms with van der Waals surface area (Å²) in [7, 11) is 1.76. The van der Waals surface area contributed by atoms with Gasteiger partial charge in [-0.3, -0.25) is 4.79 Å². The Morgan fingerprint density at radius 1 is 1.53 bits per heavy atom. The van der Waals surface area contributed by atoms with Crippen LogP contribution in [-0.4, -0.2) is 35.6 Å². The van der Waals surface area contributed by atoms with Crippen LogP contribution in [0.1, 0.15) is 41.8 Å². The first kappa shape index (κ1) is 14.6. The first-order valence-corrected chi connectivity index (χ1v) is 7.48. The van der Waals surface area contributed by atoms with Crippen LogP contribution in [0, 0.1) is 12.8 Å². The van der Waals surface area contributed by atoms with Crippen molar-refractivity contribution >= 4 is 21.8 Å². The van der Waals surface area contributed by atoms with Crippen LogP contribution in [0.5, 0.6) is 0 Å². The van der Waals surface area contributed by atoms with Gasteiger partial charge < -0.3 is 14.4 Å². The highest BCUT2D eigenvalue weighted by Gasteiger charge is 2.27. The zero-order chi connectivity index (χ0) is 14.0. The Bertz CT molecular complexity index is 458. The van der Waals surface area contributed by atoms with Crippen molar-refractivity contribution in [3.63, 3.8) is 0 Å². The van der Waals surface area contributed by atoms with Crippen LogP contribution in [0.3, 0.4) is 0 Å². The van der Waals surface area contributed by atoms with Gasteiger partial charge in [0.25, 0.3) is 5.91 Å². The van der Waals surface area contributed by atoms with E-state index in [0.717, 1.165) is 31.2 Å². The maximum Gasteiger partial charge on any atom is 0.289 e. The van der Waals surface area contributed by atoms with Gasteiger partial charge in [0.2, 0.25) is 0 Å². The lowest BCUT2D eigenvalue weighted by Gasteiger charge is -2.30. The molecule has 1 saturated carbocycles. The molecule has 1 amide bonds. The number of carbonyl (C=O) groups excluding carboxylic acids is 1. The molecule has 2 atom stereocenters. The van der Waals surface area contributed by atoms with Crippen molar-refractivity contribution in [2.75, 3.05) is 13.6 Å². The van der Waals surface area contributed by atoms with Crippen molar-refractivity contribution in [1.29, 1.82) is 0 Å². The summed E-state index contributed by atoms with van der Waals surface area (Å²) < 4.78 is 5.95. The maximum absolute atomic E-state index is 12.3. The van der Waals surface area contributed by atoms with Gasteiger partial charge in [-0.2, -0.15) is 0 Å². The third-order valence-electron chi connectivity index (χ3n) is 3.81. The van der Waals surface area contributed by atoms with Gasteiger partial charge in [0.15, 0.2) is 10.4 Å². The average molecular weight is 330 g/mol. The molecule has 4 nitrogen and oxygen atoms in total. The quantitative estimate of drug-likeness (QED) is 0.927. The second-order valence-electron chi connectivity index (χ2n) is 5.36. The van der Waals surface area contributed by atoms with Crippen LogP contribution in [0.4, 0.5) is 0 Å². The summed E-state index contributed by atoms with van der Waals surface area (Å²) in [5, 5.41) is 9.96. The number of aryl methyl sites for hydroxylation is 1. The van der Waals surface area contributed by atoms with Gasteiger partial charge in [0.05, 0.1) is 6.10 Å². The smallest absolute Gasteiger partial charge is 0.289 e. The highest BCUT2D eigenvalue weighted by atomic mass is 79.9. The van der Waals surface area contributed by atoms with Gasteiger partial charge in [-0.15, -0.1) is 0 Å². The van der Waals surface area contributed by atoms with E-state index in [9.17, 15) is 9.90 Å². The van der Waals surface area contributed by atoms with Gasteiger partial charge >= 0.3 is 0 Å². The number of hydrogen-bond acceptors (Lipinski definition) is 3. The molecule has 0 aromatic carbocycles. The lowest BCUT2D eigenvalue weighted by Crippen LogP contribution is -2.38. The van der Waals surface area contributed by atoms with E-state index in [0.29, 0.717) is 17.0 Å². The zero-order valence-corrected chi connectivity index (χ0v) is 12.9. The summed E-state index contributed by atoms with van der Waals surface area (Å²) in [6.07, 6.45) is 3.76. The molecule has 0 radical (unpaired) electrons. The molecule has 0 saturated heterocycles. The summed E-state index contributed by atoms with van der Waals surface area (Å²) in [6.45, 7) is 2.43.